The molecule has 3 nitrogen and oxygen atoms in total. The summed E-state index contributed by atoms with van der Waals surface area (Å²) in [6, 6.07) is 1.91. The van der Waals surface area contributed by atoms with Crippen molar-refractivity contribution in [3.63, 3.8) is 0 Å². The minimum atomic E-state index is -2.44. The van der Waals surface area contributed by atoms with Crippen molar-refractivity contribution in [2.45, 2.75) is 64.7 Å². The van der Waals surface area contributed by atoms with E-state index < -0.39 is 25.7 Å². The van der Waals surface area contributed by atoms with Crippen molar-refractivity contribution in [1.29, 1.82) is 0 Å². The molecule has 0 N–H and O–H groups in total. The molecule has 1 rings (SSSR count). The second-order valence-corrected chi connectivity index (χ2v) is 17.8. The molecule has 6 heteroatoms. The first-order valence-electron chi connectivity index (χ1n) is 7.63. The van der Waals surface area contributed by atoms with Crippen LogP contribution in [0.15, 0.2) is 24.6 Å². The smallest absolute Gasteiger partial charge is 0.349 e. The predicted octanol–water partition coefficient (Wildman–Crippen LogP) is 4.69. The molecule has 0 spiro atoms. The van der Waals surface area contributed by atoms with E-state index >= 15 is 0 Å². The highest BCUT2D eigenvalue weighted by Gasteiger charge is 2.61. The maximum absolute atomic E-state index is 6.58. The van der Waals surface area contributed by atoms with Crippen LogP contribution >= 0.6 is 0 Å². The lowest BCUT2D eigenvalue weighted by molar-refractivity contribution is 0.215. The summed E-state index contributed by atoms with van der Waals surface area (Å²) in [4.78, 5) is 0. The van der Waals surface area contributed by atoms with E-state index in [0.717, 1.165) is 12.1 Å². The van der Waals surface area contributed by atoms with E-state index in [-0.39, 0.29) is 0 Å². The van der Waals surface area contributed by atoms with Crippen molar-refractivity contribution in [3.8, 4) is 0 Å². The van der Waals surface area contributed by atoms with Crippen LogP contribution < -0.4 is 0 Å². The van der Waals surface area contributed by atoms with E-state index in [0.29, 0.717) is 11.1 Å². The van der Waals surface area contributed by atoms with Gasteiger partial charge in [0.05, 0.1) is 0 Å². The molecule has 0 saturated carbocycles. The van der Waals surface area contributed by atoms with Crippen LogP contribution in [0.5, 0.6) is 0 Å². The van der Waals surface area contributed by atoms with Gasteiger partial charge < -0.3 is 12.3 Å². The Morgan fingerprint density at radius 2 is 1.15 bits per heavy atom. The lowest BCUT2D eigenvalue weighted by atomic mass is 10.6. The molecule has 0 radical (unpaired) electrons. The maximum Gasteiger partial charge on any atom is 0.349 e. The summed E-state index contributed by atoms with van der Waals surface area (Å²) < 4.78 is 19.7. The van der Waals surface area contributed by atoms with Gasteiger partial charge >= 0.3 is 25.7 Å². The number of rotatable bonds is 6. The zero-order valence-corrected chi connectivity index (χ0v) is 16.9. The third kappa shape index (κ3) is 2.95. The van der Waals surface area contributed by atoms with Gasteiger partial charge in [-0.3, -0.25) is 0 Å². The minimum absolute atomic E-state index is 0.333. The Morgan fingerprint density at radius 1 is 0.800 bits per heavy atom. The second-order valence-electron chi connectivity index (χ2n) is 6.08. The van der Waals surface area contributed by atoms with Gasteiger partial charge in [0.15, 0.2) is 0 Å². The van der Waals surface area contributed by atoms with Gasteiger partial charge in [-0.05, 0) is 23.2 Å². The van der Waals surface area contributed by atoms with Crippen LogP contribution in [0.4, 0.5) is 0 Å². The maximum atomic E-state index is 6.58. The Morgan fingerprint density at radius 3 is 1.35 bits per heavy atom. The summed E-state index contributed by atoms with van der Waals surface area (Å²) in [6.45, 7) is 21.1. The molecule has 1 fully saturated rings. The Balaban J connectivity index is 3.38. The van der Waals surface area contributed by atoms with Crippen LogP contribution in [0.1, 0.15) is 41.5 Å². The van der Waals surface area contributed by atoms with Gasteiger partial charge in [-0.2, -0.15) is 0 Å². The summed E-state index contributed by atoms with van der Waals surface area (Å²) in [5.41, 5.74) is 4.58. The number of hydrogen-bond donors (Lipinski definition) is 0. The molecule has 0 aliphatic carbocycles. The normalized spacial score (nSPS) is 33.4. The van der Waals surface area contributed by atoms with E-state index in [1.807, 2.05) is 11.4 Å². The van der Waals surface area contributed by atoms with Crippen molar-refractivity contribution in [3.05, 3.63) is 24.6 Å². The molecule has 1 heterocycles. The van der Waals surface area contributed by atoms with Gasteiger partial charge in [0.1, 0.15) is 0 Å². The average Bonchev–Trinajstić information content (AvgIpc) is 2.45. The van der Waals surface area contributed by atoms with Crippen molar-refractivity contribution < 1.29 is 12.3 Å². The summed E-state index contributed by atoms with van der Waals surface area (Å²) in [7, 11) is -7.09. The second kappa shape index (κ2) is 6.41. The molecule has 0 aromatic rings. The van der Waals surface area contributed by atoms with Crippen LogP contribution in [-0.2, 0) is 12.3 Å². The Labute approximate surface area is 127 Å². The first kappa shape index (κ1) is 18.1. The average molecular weight is 331 g/mol. The molecule has 1 aliphatic heterocycles. The summed E-state index contributed by atoms with van der Waals surface area (Å²) in [6.07, 6.45) is 0. The molecule has 20 heavy (non-hydrogen) atoms. The largest absolute Gasteiger partial charge is 0.412 e. The van der Waals surface area contributed by atoms with Crippen LogP contribution in [0.3, 0.4) is 0 Å². The van der Waals surface area contributed by atoms with E-state index in [1.54, 1.807) is 0 Å². The molecule has 0 aromatic heterocycles. The monoisotopic (exact) mass is 330 g/mol. The third-order valence-corrected chi connectivity index (χ3v) is 18.9. The molecule has 0 amide bonds. The molecule has 2 atom stereocenters. The Bertz CT molecular complexity index is 339. The van der Waals surface area contributed by atoms with Crippen molar-refractivity contribution in [1.82, 2.24) is 0 Å². The summed E-state index contributed by atoms with van der Waals surface area (Å²) in [5, 5.41) is 0. The fourth-order valence-electron chi connectivity index (χ4n) is 2.54. The van der Waals surface area contributed by atoms with E-state index in [2.05, 4.69) is 54.7 Å². The molecular formula is C14H30O3Si3. The van der Waals surface area contributed by atoms with Gasteiger partial charge in [0.2, 0.25) is 0 Å². The fraction of sp³-hybridized carbons (Fsp3) is 0.714. The molecule has 1 aliphatic rings. The summed E-state index contributed by atoms with van der Waals surface area (Å²) >= 11 is 0. The van der Waals surface area contributed by atoms with Crippen molar-refractivity contribution >= 4 is 25.7 Å². The molecule has 1 saturated heterocycles. The van der Waals surface area contributed by atoms with Crippen molar-refractivity contribution in [2.75, 3.05) is 0 Å². The zero-order valence-electron chi connectivity index (χ0n) is 13.9. The first-order valence-corrected chi connectivity index (χ1v) is 13.8. The Hall–Kier alpha value is 0.0106. The highest BCUT2D eigenvalue weighted by Crippen LogP contribution is 2.44. The van der Waals surface area contributed by atoms with Crippen LogP contribution in [-0.4, -0.2) is 25.7 Å². The minimum Gasteiger partial charge on any atom is -0.412 e. The van der Waals surface area contributed by atoms with Gasteiger partial charge in [-0.25, -0.2) is 0 Å². The van der Waals surface area contributed by atoms with Gasteiger partial charge in [-0.15, -0.1) is 13.2 Å². The quantitative estimate of drug-likeness (QED) is 0.661. The van der Waals surface area contributed by atoms with Crippen LogP contribution in [0.2, 0.25) is 23.2 Å². The molecule has 2 unspecified atom stereocenters. The predicted molar refractivity (Wildman–Crippen MR) is 92.1 cm³/mol. The van der Waals surface area contributed by atoms with Gasteiger partial charge in [0.25, 0.3) is 0 Å². The SMILES string of the molecule is C=C[Si]1(C(C)C)O[Si](CC)(CC)O[Si](C=C)(C(C)C)O1. The van der Waals surface area contributed by atoms with Crippen molar-refractivity contribution in [2.24, 2.45) is 0 Å². The highest BCUT2D eigenvalue weighted by atomic mass is 28.5. The van der Waals surface area contributed by atoms with Gasteiger partial charge in [-0.1, -0.05) is 52.9 Å². The van der Waals surface area contributed by atoms with E-state index in [1.165, 1.54) is 0 Å². The molecule has 116 valence electrons. The third-order valence-electron chi connectivity index (χ3n) is 4.27. The fourth-order valence-corrected chi connectivity index (χ4v) is 19.7. The first-order chi connectivity index (χ1) is 9.25. The Kier molecular flexibility index (Phi) is 5.79. The molecular weight excluding hydrogens is 300 g/mol. The highest BCUT2D eigenvalue weighted by molar-refractivity contribution is 6.98. The zero-order chi connectivity index (χ0) is 15.6. The van der Waals surface area contributed by atoms with Gasteiger partial charge in [0, 0.05) is 0 Å². The van der Waals surface area contributed by atoms with Crippen LogP contribution in [0.25, 0.3) is 0 Å². The number of hydrogen-bond acceptors (Lipinski definition) is 3. The lowest BCUT2D eigenvalue weighted by Crippen LogP contribution is -2.70. The summed E-state index contributed by atoms with van der Waals surface area (Å²) in [5.74, 6) is 0. The lowest BCUT2D eigenvalue weighted by Gasteiger charge is -2.53. The topological polar surface area (TPSA) is 27.7 Å². The van der Waals surface area contributed by atoms with Crippen LogP contribution in [0, 0.1) is 0 Å². The molecule has 0 bridgehead atoms. The standard InChI is InChI=1S/C14H30O3Si3/c1-9-18(10-2)15-19(11-3,13(5)6)17-20(12-4,16-18)14(7)8/h11-14H,3-4,9-10H2,1-2,5-8H3. The van der Waals surface area contributed by atoms with E-state index in [4.69, 9.17) is 12.3 Å². The van der Waals surface area contributed by atoms with E-state index in [9.17, 15) is 0 Å². The molecule has 0 aromatic carbocycles.